The first-order chi connectivity index (χ1) is 16.9. The summed E-state index contributed by atoms with van der Waals surface area (Å²) in [5.41, 5.74) is 1.35. The van der Waals surface area contributed by atoms with Crippen LogP contribution in [0.2, 0.25) is 5.02 Å². The number of nitrogens with zero attached hydrogens (tertiary/aromatic N) is 1. The molecule has 0 saturated carbocycles. The molecular formula is C25H20ClNO7S. The van der Waals surface area contributed by atoms with Crippen molar-refractivity contribution in [3.63, 3.8) is 0 Å². The van der Waals surface area contributed by atoms with Crippen LogP contribution in [0.1, 0.15) is 27.4 Å². The van der Waals surface area contributed by atoms with Crippen molar-refractivity contribution in [1.82, 2.24) is 4.90 Å². The van der Waals surface area contributed by atoms with Crippen LogP contribution in [0.25, 0.3) is 6.08 Å². The van der Waals surface area contributed by atoms with Crippen molar-refractivity contribution in [2.24, 2.45) is 0 Å². The molecule has 2 heterocycles. The van der Waals surface area contributed by atoms with E-state index in [1.54, 1.807) is 54.6 Å². The molecule has 10 heteroatoms. The van der Waals surface area contributed by atoms with Crippen LogP contribution in [-0.4, -0.2) is 36.2 Å². The minimum Gasteiger partial charge on any atom is -0.493 e. The van der Waals surface area contributed by atoms with Crippen LogP contribution in [0.4, 0.5) is 4.79 Å². The maximum Gasteiger partial charge on any atom is 0.373 e. The van der Waals surface area contributed by atoms with E-state index in [0.717, 1.165) is 11.8 Å². The molecule has 1 fully saturated rings. The Balaban J connectivity index is 1.46. The molecule has 0 aliphatic carbocycles. The molecule has 0 atom stereocenters. The average Bonchev–Trinajstić information content (AvgIpc) is 3.44. The number of carbonyl (C=O) groups excluding carboxylic acids is 3. The topological polar surface area (TPSA) is 95.3 Å². The lowest BCUT2D eigenvalue weighted by molar-refractivity contribution is -0.123. The van der Waals surface area contributed by atoms with E-state index < -0.39 is 11.9 Å². The van der Waals surface area contributed by atoms with E-state index in [1.165, 1.54) is 25.2 Å². The molecule has 1 aliphatic rings. The van der Waals surface area contributed by atoms with Crippen LogP contribution in [0, 0.1) is 0 Å². The minimum absolute atomic E-state index is 0.0631. The van der Waals surface area contributed by atoms with E-state index in [-0.39, 0.29) is 24.2 Å². The Morgan fingerprint density at radius 3 is 2.63 bits per heavy atom. The van der Waals surface area contributed by atoms with E-state index in [4.69, 9.17) is 25.5 Å². The van der Waals surface area contributed by atoms with Gasteiger partial charge >= 0.3 is 5.97 Å². The third-order valence-corrected chi connectivity index (χ3v) is 6.34. The quantitative estimate of drug-likeness (QED) is 0.286. The van der Waals surface area contributed by atoms with Crippen LogP contribution >= 0.6 is 23.4 Å². The Bertz CT molecular complexity index is 1320. The highest BCUT2D eigenvalue weighted by molar-refractivity contribution is 8.18. The SMILES string of the molecule is COC(=O)c1ccc(COc2ccc(C=C3SC(=O)N(Cc4ccccc4Cl)C3=O)cc2OC)o1. The molecule has 1 saturated heterocycles. The molecule has 3 aromatic rings. The number of hydrogen-bond donors (Lipinski definition) is 0. The molecule has 2 amide bonds. The third kappa shape index (κ3) is 5.52. The monoisotopic (exact) mass is 513 g/mol. The molecule has 0 radical (unpaired) electrons. The number of rotatable bonds is 8. The van der Waals surface area contributed by atoms with E-state index in [9.17, 15) is 14.4 Å². The highest BCUT2D eigenvalue weighted by Crippen LogP contribution is 2.36. The van der Waals surface area contributed by atoms with E-state index in [0.29, 0.717) is 38.3 Å². The largest absolute Gasteiger partial charge is 0.493 e. The zero-order chi connectivity index (χ0) is 24.9. The van der Waals surface area contributed by atoms with Crippen LogP contribution in [0.5, 0.6) is 11.5 Å². The predicted molar refractivity (Wildman–Crippen MR) is 130 cm³/mol. The van der Waals surface area contributed by atoms with Crippen LogP contribution in [-0.2, 0) is 22.7 Å². The fraction of sp³-hybridized carbons (Fsp3) is 0.160. The number of hydrogen-bond acceptors (Lipinski definition) is 8. The number of methoxy groups -OCH3 is 2. The lowest BCUT2D eigenvalue weighted by Crippen LogP contribution is -2.27. The van der Waals surface area contributed by atoms with Crippen molar-refractivity contribution >= 4 is 46.6 Å². The number of halogens is 1. The zero-order valence-corrected chi connectivity index (χ0v) is 20.4. The summed E-state index contributed by atoms with van der Waals surface area (Å²) in [6.45, 7) is 0.163. The molecule has 4 rings (SSSR count). The van der Waals surface area contributed by atoms with E-state index in [2.05, 4.69) is 4.74 Å². The zero-order valence-electron chi connectivity index (χ0n) is 18.8. The van der Waals surface area contributed by atoms with Gasteiger partial charge in [-0.2, -0.15) is 0 Å². The van der Waals surface area contributed by atoms with Gasteiger partial charge in [0, 0.05) is 5.02 Å². The number of esters is 1. The van der Waals surface area contributed by atoms with Gasteiger partial charge in [0.2, 0.25) is 5.76 Å². The molecule has 180 valence electrons. The Morgan fingerprint density at radius 1 is 1.09 bits per heavy atom. The van der Waals surface area contributed by atoms with Gasteiger partial charge in [-0.15, -0.1) is 0 Å². The summed E-state index contributed by atoms with van der Waals surface area (Å²) < 4.78 is 21.2. The summed E-state index contributed by atoms with van der Waals surface area (Å²) in [4.78, 5) is 38.3. The summed E-state index contributed by atoms with van der Waals surface area (Å²) in [5.74, 6) is 0.412. The second-order valence-corrected chi connectivity index (χ2v) is 8.72. The normalized spacial score (nSPS) is 14.5. The fourth-order valence-corrected chi connectivity index (χ4v) is 4.33. The number of carbonyl (C=O) groups is 3. The van der Waals surface area contributed by atoms with Gasteiger partial charge in [0.05, 0.1) is 25.7 Å². The number of benzene rings is 2. The first-order valence-corrected chi connectivity index (χ1v) is 11.6. The second-order valence-electron chi connectivity index (χ2n) is 7.32. The van der Waals surface area contributed by atoms with Gasteiger partial charge in [-0.3, -0.25) is 14.5 Å². The number of amides is 2. The smallest absolute Gasteiger partial charge is 0.373 e. The fourth-order valence-electron chi connectivity index (χ4n) is 3.29. The van der Waals surface area contributed by atoms with Crippen LogP contribution < -0.4 is 9.47 Å². The molecule has 0 N–H and O–H groups in total. The molecule has 1 aromatic heterocycles. The standard InChI is InChI=1S/C25H20ClNO7S/c1-31-21-11-15(7-9-19(21)33-14-17-8-10-20(34-17)24(29)32-2)12-22-23(28)27(25(30)35-22)13-16-5-3-4-6-18(16)26/h3-12H,13-14H2,1-2H3. The van der Waals surface area contributed by atoms with Crippen molar-refractivity contribution in [1.29, 1.82) is 0 Å². The molecule has 0 spiro atoms. The van der Waals surface area contributed by atoms with Gasteiger partial charge in [-0.1, -0.05) is 35.9 Å². The van der Waals surface area contributed by atoms with Gasteiger partial charge in [0.15, 0.2) is 11.5 Å². The first-order valence-electron chi connectivity index (χ1n) is 10.4. The second kappa shape index (κ2) is 10.7. The van der Waals surface area contributed by atoms with Crippen molar-refractivity contribution in [3.8, 4) is 11.5 Å². The first kappa shape index (κ1) is 24.4. The Morgan fingerprint density at radius 2 is 1.89 bits per heavy atom. The summed E-state index contributed by atoms with van der Waals surface area (Å²) >= 11 is 7.04. The lowest BCUT2D eigenvalue weighted by Gasteiger charge is -2.13. The van der Waals surface area contributed by atoms with Crippen molar-refractivity contribution in [2.75, 3.05) is 14.2 Å². The Labute approximate surface area is 210 Å². The maximum absolute atomic E-state index is 12.9. The highest BCUT2D eigenvalue weighted by atomic mass is 35.5. The van der Waals surface area contributed by atoms with Gasteiger partial charge in [0.25, 0.3) is 11.1 Å². The molecule has 35 heavy (non-hydrogen) atoms. The van der Waals surface area contributed by atoms with E-state index >= 15 is 0 Å². The molecule has 0 unspecified atom stereocenters. The lowest BCUT2D eigenvalue weighted by atomic mass is 10.1. The molecule has 1 aliphatic heterocycles. The minimum atomic E-state index is -0.575. The molecule has 8 nitrogen and oxygen atoms in total. The number of furan rings is 1. The third-order valence-electron chi connectivity index (χ3n) is 5.06. The van der Waals surface area contributed by atoms with Gasteiger partial charge in [-0.05, 0) is 59.3 Å². The molecule has 2 aromatic carbocycles. The Kier molecular flexibility index (Phi) is 7.48. The van der Waals surface area contributed by atoms with Crippen LogP contribution in [0.3, 0.4) is 0 Å². The van der Waals surface area contributed by atoms with E-state index in [1.807, 2.05) is 0 Å². The summed E-state index contributed by atoms with van der Waals surface area (Å²) in [6, 6.07) is 15.3. The van der Waals surface area contributed by atoms with Gasteiger partial charge < -0.3 is 18.6 Å². The predicted octanol–water partition coefficient (Wildman–Crippen LogP) is 5.54. The van der Waals surface area contributed by atoms with Crippen LogP contribution in [0.15, 0.2) is 63.9 Å². The summed E-state index contributed by atoms with van der Waals surface area (Å²) in [5, 5.41) is 0.129. The summed E-state index contributed by atoms with van der Waals surface area (Å²) in [7, 11) is 2.76. The summed E-state index contributed by atoms with van der Waals surface area (Å²) in [6.07, 6.45) is 1.62. The number of ether oxygens (including phenoxy) is 3. The van der Waals surface area contributed by atoms with Crippen molar-refractivity contribution in [3.05, 3.63) is 87.2 Å². The maximum atomic E-state index is 12.9. The van der Waals surface area contributed by atoms with Gasteiger partial charge in [0.1, 0.15) is 12.4 Å². The Hall–Kier alpha value is -3.69. The van der Waals surface area contributed by atoms with Gasteiger partial charge in [-0.25, -0.2) is 4.79 Å². The number of imide groups is 1. The molecular weight excluding hydrogens is 494 g/mol. The number of thioether (sulfide) groups is 1. The van der Waals surface area contributed by atoms with Crippen molar-refractivity contribution < 1.29 is 33.0 Å². The highest BCUT2D eigenvalue weighted by Gasteiger charge is 2.35. The molecule has 0 bridgehead atoms. The average molecular weight is 514 g/mol. The van der Waals surface area contributed by atoms with Crippen molar-refractivity contribution in [2.45, 2.75) is 13.2 Å².